The third kappa shape index (κ3) is 4.04. The molecular formula is C20H23F3N6O2. The Hall–Kier alpha value is -3.24. The predicted molar refractivity (Wildman–Crippen MR) is 105 cm³/mol. The number of halogens is 3. The summed E-state index contributed by atoms with van der Waals surface area (Å²) in [4.78, 5) is 14.3. The lowest BCUT2D eigenvalue weighted by molar-refractivity contribution is -0.174. The molecule has 1 N–H and O–H groups in total. The fraction of sp³-hybridized carbons (Fsp3) is 0.450. The fourth-order valence-electron chi connectivity index (χ4n) is 3.75. The summed E-state index contributed by atoms with van der Waals surface area (Å²) in [5.74, 6) is 0.0552. The van der Waals surface area contributed by atoms with Gasteiger partial charge in [-0.15, -0.1) is 0 Å². The molecule has 4 heterocycles. The molecule has 0 saturated carbocycles. The van der Waals surface area contributed by atoms with Gasteiger partial charge in [-0.25, -0.2) is 4.68 Å². The molecule has 2 atom stereocenters. The molecule has 0 fully saturated rings. The molecule has 0 spiro atoms. The summed E-state index contributed by atoms with van der Waals surface area (Å²) >= 11 is 0. The Morgan fingerprint density at radius 3 is 2.77 bits per heavy atom. The Labute approximate surface area is 176 Å². The van der Waals surface area contributed by atoms with E-state index in [0.29, 0.717) is 12.3 Å². The van der Waals surface area contributed by atoms with Gasteiger partial charge in [0.1, 0.15) is 11.6 Å². The summed E-state index contributed by atoms with van der Waals surface area (Å²) in [6.07, 6.45) is -1.54. The van der Waals surface area contributed by atoms with Crippen molar-refractivity contribution in [3.8, 4) is 0 Å². The minimum absolute atomic E-state index is 0.0557. The van der Waals surface area contributed by atoms with Gasteiger partial charge in [-0.2, -0.15) is 23.4 Å². The maximum absolute atomic E-state index is 13.7. The third-order valence-electron chi connectivity index (χ3n) is 5.42. The Kier molecular flexibility index (Phi) is 5.28. The van der Waals surface area contributed by atoms with Crippen LogP contribution in [0.15, 0.2) is 35.1 Å². The van der Waals surface area contributed by atoms with Gasteiger partial charge in [0.2, 0.25) is 0 Å². The zero-order valence-electron chi connectivity index (χ0n) is 17.3. The minimum atomic E-state index is -4.52. The minimum Gasteiger partial charge on any atom is -0.467 e. The number of rotatable bonds is 5. The molecule has 1 amide bonds. The van der Waals surface area contributed by atoms with Gasteiger partial charge in [-0.1, -0.05) is 0 Å². The highest BCUT2D eigenvalue weighted by molar-refractivity contribution is 5.93. The molecule has 0 aliphatic carbocycles. The molecule has 1 aliphatic heterocycles. The zero-order valence-corrected chi connectivity index (χ0v) is 17.3. The van der Waals surface area contributed by atoms with Crippen LogP contribution in [0.5, 0.6) is 0 Å². The number of aryl methyl sites for hydroxylation is 2. The number of alkyl halides is 3. The number of hydrogen-bond donors (Lipinski definition) is 1. The van der Waals surface area contributed by atoms with Crippen molar-refractivity contribution < 1.29 is 22.4 Å². The normalized spacial score (nSPS) is 18.5. The number of carbonyl (C=O) groups is 1. The van der Waals surface area contributed by atoms with E-state index in [9.17, 15) is 18.0 Å². The van der Waals surface area contributed by atoms with Crippen molar-refractivity contribution in [3.05, 3.63) is 53.4 Å². The standard InChI is InChI=1S/C20H23F3N6O2/c1-4-28-11-13(12(2)25-28)10-27(3)19(30)15-9-18-24-14(16-6-5-7-31-16)8-17(20(21,22)23)29(18)26-15/h5-7,9,11,14,17,24H,4,8,10H2,1-3H3/t14-,17-/m0/s1. The second-order valence-electron chi connectivity index (χ2n) is 7.62. The highest BCUT2D eigenvalue weighted by Gasteiger charge is 2.47. The lowest BCUT2D eigenvalue weighted by Gasteiger charge is -2.32. The van der Waals surface area contributed by atoms with Crippen LogP contribution in [0.25, 0.3) is 0 Å². The number of amides is 1. The summed E-state index contributed by atoms with van der Waals surface area (Å²) in [5, 5.41) is 11.4. The van der Waals surface area contributed by atoms with Gasteiger partial charge in [-0.3, -0.25) is 9.48 Å². The molecular weight excluding hydrogens is 413 g/mol. The molecule has 0 radical (unpaired) electrons. The van der Waals surface area contributed by atoms with Crippen molar-refractivity contribution in [2.75, 3.05) is 12.4 Å². The number of furan rings is 1. The van der Waals surface area contributed by atoms with E-state index >= 15 is 0 Å². The topological polar surface area (TPSA) is 81.1 Å². The van der Waals surface area contributed by atoms with Crippen LogP contribution in [0.4, 0.5) is 19.0 Å². The first kappa shape index (κ1) is 21.0. The predicted octanol–water partition coefficient (Wildman–Crippen LogP) is 3.93. The van der Waals surface area contributed by atoms with Gasteiger partial charge >= 0.3 is 6.18 Å². The molecule has 1 aliphatic rings. The van der Waals surface area contributed by atoms with Crippen molar-refractivity contribution in [2.45, 2.75) is 51.6 Å². The van der Waals surface area contributed by atoms with Crippen LogP contribution in [0, 0.1) is 6.92 Å². The first-order chi connectivity index (χ1) is 14.7. The molecule has 8 nitrogen and oxygen atoms in total. The second kappa shape index (κ2) is 7.78. The maximum atomic E-state index is 13.7. The van der Waals surface area contributed by atoms with E-state index in [-0.39, 0.29) is 24.5 Å². The summed E-state index contributed by atoms with van der Waals surface area (Å²) < 4.78 is 49.1. The van der Waals surface area contributed by atoms with Crippen LogP contribution in [-0.2, 0) is 13.1 Å². The summed E-state index contributed by atoms with van der Waals surface area (Å²) in [5.41, 5.74) is 1.61. The highest BCUT2D eigenvalue weighted by Crippen LogP contribution is 2.43. The molecule has 11 heteroatoms. The van der Waals surface area contributed by atoms with E-state index in [2.05, 4.69) is 15.5 Å². The molecule has 3 aromatic rings. The van der Waals surface area contributed by atoms with E-state index in [1.165, 1.54) is 17.2 Å². The second-order valence-corrected chi connectivity index (χ2v) is 7.62. The Bertz CT molecular complexity index is 1070. The van der Waals surface area contributed by atoms with E-state index in [4.69, 9.17) is 4.42 Å². The van der Waals surface area contributed by atoms with Crippen molar-refractivity contribution in [2.24, 2.45) is 0 Å². The Morgan fingerprint density at radius 1 is 1.39 bits per heavy atom. The number of fused-ring (bicyclic) bond motifs is 1. The first-order valence-electron chi connectivity index (χ1n) is 9.92. The molecule has 0 bridgehead atoms. The summed E-state index contributed by atoms with van der Waals surface area (Å²) in [6, 6.07) is 2.06. The van der Waals surface area contributed by atoms with Crippen LogP contribution < -0.4 is 5.32 Å². The molecule has 3 aromatic heterocycles. The molecule has 166 valence electrons. The SMILES string of the molecule is CCn1cc(CN(C)C(=O)c2cc3n(n2)[C@H](C(F)(F)F)C[C@@H](c2ccco2)N3)c(C)n1. The van der Waals surface area contributed by atoms with Crippen LogP contribution in [0.3, 0.4) is 0 Å². The average molecular weight is 436 g/mol. The average Bonchev–Trinajstić information content (AvgIpc) is 3.45. The van der Waals surface area contributed by atoms with Crippen molar-refractivity contribution in [1.82, 2.24) is 24.5 Å². The molecule has 0 unspecified atom stereocenters. The highest BCUT2D eigenvalue weighted by atomic mass is 19.4. The van der Waals surface area contributed by atoms with Gasteiger partial charge < -0.3 is 14.6 Å². The molecule has 4 rings (SSSR count). The third-order valence-corrected chi connectivity index (χ3v) is 5.42. The van der Waals surface area contributed by atoms with Crippen LogP contribution in [0.2, 0.25) is 0 Å². The van der Waals surface area contributed by atoms with Gasteiger partial charge in [0.05, 0.1) is 18.0 Å². The number of hydrogen-bond acceptors (Lipinski definition) is 5. The van der Waals surface area contributed by atoms with Crippen LogP contribution in [-0.4, -0.2) is 43.6 Å². The lowest BCUT2D eigenvalue weighted by Crippen LogP contribution is -2.35. The number of anilines is 1. The molecule has 31 heavy (non-hydrogen) atoms. The van der Waals surface area contributed by atoms with Crippen LogP contribution in [0.1, 0.15) is 52.9 Å². The fourth-order valence-corrected chi connectivity index (χ4v) is 3.75. The monoisotopic (exact) mass is 436 g/mol. The van der Waals surface area contributed by atoms with E-state index in [1.807, 2.05) is 20.0 Å². The quantitative estimate of drug-likeness (QED) is 0.656. The number of nitrogens with zero attached hydrogens (tertiary/aromatic N) is 5. The number of carbonyl (C=O) groups excluding carboxylic acids is 1. The van der Waals surface area contributed by atoms with Gasteiger partial charge in [0, 0.05) is 44.4 Å². The Balaban J connectivity index is 1.59. The van der Waals surface area contributed by atoms with E-state index in [0.717, 1.165) is 15.9 Å². The number of nitrogens with one attached hydrogen (secondary N) is 1. The van der Waals surface area contributed by atoms with Crippen molar-refractivity contribution in [3.63, 3.8) is 0 Å². The summed E-state index contributed by atoms with van der Waals surface area (Å²) in [7, 11) is 1.59. The summed E-state index contributed by atoms with van der Waals surface area (Å²) in [6.45, 7) is 4.79. The van der Waals surface area contributed by atoms with Gasteiger partial charge in [-0.05, 0) is 26.0 Å². The number of aromatic nitrogens is 4. The van der Waals surface area contributed by atoms with Gasteiger partial charge in [0.15, 0.2) is 11.7 Å². The molecule has 0 saturated heterocycles. The first-order valence-corrected chi connectivity index (χ1v) is 9.92. The smallest absolute Gasteiger partial charge is 0.410 e. The Morgan fingerprint density at radius 2 is 2.16 bits per heavy atom. The van der Waals surface area contributed by atoms with E-state index in [1.54, 1.807) is 23.9 Å². The van der Waals surface area contributed by atoms with E-state index < -0.39 is 24.2 Å². The molecule has 0 aromatic carbocycles. The van der Waals surface area contributed by atoms with Crippen molar-refractivity contribution in [1.29, 1.82) is 0 Å². The maximum Gasteiger partial charge on any atom is 0.410 e. The largest absolute Gasteiger partial charge is 0.467 e. The van der Waals surface area contributed by atoms with Gasteiger partial charge in [0.25, 0.3) is 5.91 Å². The van der Waals surface area contributed by atoms with Crippen molar-refractivity contribution >= 4 is 11.7 Å². The zero-order chi connectivity index (χ0) is 22.3. The van der Waals surface area contributed by atoms with Crippen LogP contribution >= 0.6 is 0 Å². The lowest BCUT2D eigenvalue weighted by atomic mass is 10.0.